The molecule has 1 heterocycles. The minimum absolute atomic E-state index is 0.338. The largest absolute Gasteiger partial charge is 0.461 e. The first-order valence-corrected chi connectivity index (χ1v) is 7.22. The molecule has 1 aromatic heterocycles. The standard InChI is InChI=1S/C9H16N2O2S/c1-5-13-9(12)7-6-8(11-10-7)14(2,3)4/h6H,5H2,1-4H3,(H,10,11). The van der Waals surface area contributed by atoms with E-state index in [1.807, 2.05) is 0 Å². The SMILES string of the molecule is CCOC(=O)c1cc(S(C)(C)C)n[nH]1. The monoisotopic (exact) mass is 216 g/mol. The third-order valence-corrected chi connectivity index (χ3v) is 3.14. The molecule has 0 aliphatic heterocycles. The number of ether oxygens (including phenoxy) is 1. The Kier molecular flexibility index (Phi) is 3.21. The van der Waals surface area contributed by atoms with Crippen molar-refractivity contribution in [3.05, 3.63) is 11.8 Å². The van der Waals surface area contributed by atoms with Gasteiger partial charge in [0, 0.05) is 6.07 Å². The summed E-state index contributed by atoms with van der Waals surface area (Å²) in [6, 6.07) is 1.77. The highest BCUT2D eigenvalue weighted by atomic mass is 32.3. The number of hydrogen-bond acceptors (Lipinski definition) is 3. The van der Waals surface area contributed by atoms with Gasteiger partial charge < -0.3 is 4.74 Å². The van der Waals surface area contributed by atoms with Crippen LogP contribution in [0.15, 0.2) is 11.1 Å². The predicted octanol–water partition coefficient (Wildman–Crippen LogP) is 1.64. The first-order valence-electron chi connectivity index (χ1n) is 4.36. The van der Waals surface area contributed by atoms with Crippen molar-refractivity contribution >= 4 is 16.0 Å². The third-order valence-electron chi connectivity index (χ3n) is 1.68. The van der Waals surface area contributed by atoms with Gasteiger partial charge in [-0.2, -0.15) is 5.10 Å². The van der Waals surface area contributed by atoms with Crippen LogP contribution >= 0.6 is 10.0 Å². The van der Waals surface area contributed by atoms with Crippen molar-refractivity contribution in [2.45, 2.75) is 11.9 Å². The molecule has 0 aliphatic carbocycles. The Morgan fingerprint density at radius 2 is 2.21 bits per heavy atom. The van der Waals surface area contributed by atoms with E-state index in [1.165, 1.54) is 0 Å². The Morgan fingerprint density at radius 1 is 1.57 bits per heavy atom. The minimum atomic E-state index is -0.881. The van der Waals surface area contributed by atoms with E-state index in [9.17, 15) is 4.79 Å². The van der Waals surface area contributed by atoms with Crippen molar-refractivity contribution in [3.63, 3.8) is 0 Å². The van der Waals surface area contributed by atoms with Gasteiger partial charge in [0.25, 0.3) is 0 Å². The van der Waals surface area contributed by atoms with Gasteiger partial charge >= 0.3 is 5.97 Å². The number of rotatable bonds is 3. The number of aromatic amines is 1. The molecule has 0 bridgehead atoms. The summed E-state index contributed by atoms with van der Waals surface area (Å²) in [7, 11) is -0.881. The molecule has 0 saturated carbocycles. The molecule has 14 heavy (non-hydrogen) atoms. The normalized spacial score (nSPS) is 12.6. The van der Waals surface area contributed by atoms with Crippen LogP contribution in [0, 0.1) is 0 Å². The summed E-state index contributed by atoms with van der Waals surface area (Å²) in [6.07, 6.45) is 6.37. The molecule has 4 nitrogen and oxygen atoms in total. The quantitative estimate of drug-likeness (QED) is 0.781. The lowest BCUT2D eigenvalue weighted by Crippen LogP contribution is -2.04. The summed E-state index contributed by atoms with van der Waals surface area (Å²) in [5.41, 5.74) is 0.435. The van der Waals surface area contributed by atoms with Crippen molar-refractivity contribution < 1.29 is 9.53 Å². The number of carbonyl (C=O) groups excluding carboxylic acids is 1. The maximum Gasteiger partial charge on any atom is 0.356 e. The van der Waals surface area contributed by atoms with Crippen LogP contribution in [-0.4, -0.2) is 41.5 Å². The highest BCUT2D eigenvalue weighted by Crippen LogP contribution is 2.43. The maximum atomic E-state index is 11.3. The highest BCUT2D eigenvalue weighted by Gasteiger charge is 2.16. The third kappa shape index (κ3) is 2.51. The molecule has 1 aromatic rings. The fourth-order valence-corrected chi connectivity index (χ4v) is 1.72. The Bertz CT molecular complexity index is 328. The Labute approximate surface area is 85.4 Å². The topological polar surface area (TPSA) is 55.0 Å². The average molecular weight is 216 g/mol. The molecule has 0 atom stereocenters. The van der Waals surface area contributed by atoms with Crippen LogP contribution in [0.4, 0.5) is 0 Å². The smallest absolute Gasteiger partial charge is 0.356 e. The van der Waals surface area contributed by atoms with Crippen molar-refractivity contribution in [2.75, 3.05) is 25.4 Å². The summed E-state index contributed by atoms with van der Waals surface area (Å²) < 4.78 is 4.85. The number of nitrogens with one attached hydrogen (secondary N) is 1. The molecule has 0 aliphatic rings. The lowest BCUT2D eigenvalue weighted by Gasteiger charge is -2.21. The summed E-state index contributed by atoms with van der Waals surface area (Å²) in [6.45, 7) is 2.17. The van der Waals surface area contributed by atoms with Crippen LogP contribution in [0.1, 0.15) is 17.4 Å². The van der Waals surface area contributed by atoms with E-state index in [4.69, 9.17) is 4.74 Å². The molecule has 80 valence electrons. The predicted molar refractivity (Wildman–Crippen MR) is 58.2 cm³/mol. The van der Waals surface area contributed by atoms with Crippen molar-refractivity contribution in [3.8, 4) is 0 Å². The zero-order chi connectivity index (χ0) is 10.8. The van der Waals surface area contributed by atoms with Gasteiger partial charge in [-0.25, -0.2) is 14.8 Å². The van der Waals surface area contributed by atoms with Crippen LogP contribution in [-0.2, 0) is 4.74 Å². The Balaban J connectivity index is 2.83. The van der Waals surface area contributed by atoms with Gasteiger partial charge in [0.2, 0.25) is 0 Å². The minimum Gasteiger partial charge on any atom is -0.461 e. The molecule has 0 radical (unpaired) electrons. The van der Waals surface area contributed by atoms with E-state index in [0.29, 0.717) is 12.3 Å². The first-order chi connectivity index (χ1) is 6.45. The molecule has 1 rings (SSSR count). The van der Waals surface area contributed by atoms with Crippen LogP contribution in [0.25, 0.3) is 0 Å². The molecule has 1 N–H and O–H groups in total. The lowest BCUT2D eigenvalue weighted by atomic mass is 10.4. The molecule has 0 amide bonds. The van der Waals surface area contributed by atoms with Gasteiger partial charge in [0.05, 0.1) is 6.61 Å². The average Bonchev–Trinajstić information content (AvgIpc) is 2.51. The lowest BCUT2D eigenvalue weighted by molar-refractivity contribution is 0.0519. The van der Waals surface area contributed by atoms with Gasteiger partial charge in [0.15, 0.2) is 0 Å². The van der Waals surface area contributed by atoms with Crippen molar-refractivity contribution in [2.24, 2.45) is 0 Å². The number of H-pyrrole nitrogens is 1. The Morgan fingerprint density at radius 3 is 2.64 bits per heavy atom. The van der Waals surface area contributed by atoms with E-state index in [2.05, 4.69) is 29.0 Å². The van der Waals surface area contributed by atoms with Gasteiger partial charge in [-0.05, 0) is 25.7 Å². The maximum absolute atomic E-state index is 11.3. The molecule has 0 unspecified atom stereocenters. The van der Waals surface area contributed by atoms with E-state index >= 15 is 0 Å². The summed E-state index contributed by atoms with van der Waals surface area (Å²) >= 11 is 0. The van der Waals surface area contributed by atoms with Crippen LogP contribution in [0.3, 0.4) is 0 Å². The van der Waals surface area contributed by atoms with Gasteiger partial charge in [0.1, 0.15) is 10.7 Å². The zero-order valence-corrected chi connectivity index (χ0v) is 9.77. The molecular weight excluding hydrogens is 200 g/mol. The van der Waals surface area contributed by atoms with Crippen LogP contribution in [0.2, 0.25) is 0 Å². The van der Waals surface area contributed by atoms with E-state index in [-0.39, 0.29) is 5.97 Å². The second-order valence-corrected chi connectivity index (χ2v) is 7.77. The van der Waals surface area contributed by atoms with Crippen LogP contribution < -0.4 is 0 Å². The number of aromatic nitrogens is 2. The molecule has 0 aromatic carbocycles. The zero-order valence-electron chi connectivity index (χ0n) is 8.96. The van der Waals surface area contributed by atoms with Gasteiger partial charge in [-0.1, -0.05) is 0 Å². The van der Waals surface area contributed by atoms with Gasteiger partial charge in [-0.3, -0.25) is 5.10 Å². The van der Waals surface area contributed by atoms with E-state index in [1.54, 1.807) is 13.0 Å². The Hall–Kier alpha value is -0.970. The molecule has 5 heteroatoms. The molecular formula is C9H16N2O2S. The van der Waals surface area contributed by atoms with Crippen LogP contribution in [0.5, 0.6) is 0 Å². The van der Waals surface area contributed by atoms with E-state index < -0.39 is 10.0 Å². The van der Waals surface area contributed by atoms with Gasteiger partial charge in [-0.15, -0.1) is 0 Å². The van der Waals surface area contributed by atoms with E-state index in [0.717, 1.165) is 5.03 Å². The van der Waals surface area contributed by atoms with Crippen molar-refractivity contribution in [1.82, 2.24) is 10.2 Å². The summed E-state index contributed by atoms with van der Waals surface area (Å²) in [5.74, 6) is -0.338. The number of carbonyl (C=O) groups is 1. The number of hydrogen-bond donors (Lipinski definition) is 1. The molecule has 0 spiro atoms. The second-order valence-electron chi connectivity index (χ2n) is 3.68. The number of nitrogens with zero attached hydrogens (tertiary/aromatic N) is 1. The molecule has 0 fully saturated rings. The van der Waals surface area contributed by atoms with Crippen molar-refractivity contribution in [1.29, 1.82) is 0 Å². The highest BCUT2D eigenvalue weighted by molar-refractivity contribution is 8.32. The summed E-state index contributed by atoms with van der Waals surface area (Å²) in [5, 5.41) is 7.74. The second kappa shape index (κ2) is 4.04. The molecule has 0 saturated heterocycles. The fraction of sp³-hybridized carbons (Fsp3) is 0.556. The number of esters is 1. The first kappa shape index (κ1) is 11.1. The summed E-state index contributed by atoms with van der Waals surface area (Å²) in [4.78, 5) is 11.3. The fourth-order valence-electron chi connectivity index (χ4n) is 0.930.